The molecule has 1 aliphatic heterocycles. The number of nitrogens with two attached hydrogens (primary N) is 1. The van der Waals surface area contributed by atoms with Gasteiger partial charge in [-0.2, -0.15) is 4.31 Å². The van der Waals surface area contributed by atoms with Crippen molar-refractivity contribution in [2.75, 3.05) is 32.9 Å². The van der Waals surface area contributed by atoms with Gasteiger partial charge in [-0.25, -0.2) is 23.2 Å². The number of imidazole rings is 1. The number of aromatic nitrogens is 2. The summed E-state index contributed by atoms with van der Waals surface area (Å²) < 4.78 is 39.1. The summed E-state index contributed by atoms with van der Waals surface area (Å²) in [6, 6.07) is 6.45. The van der Waals surface area contributed by atoms with E-state index in [9.17, 15) is 13.2 Å². The van der Waals surface area contributed by atoms with Gasteiger partial charge in [-0.3, -0.25) is 0 Å². The number of aliphatic imine (C=N–C) groups is 1. The van der Waals surface area contributed by atoms with Crippen LogP contribution in [0.25, 0.3) is 0 Å². The Balaban J connectivity index is 1.38. The summed E-state index contributed by atoms with van der Waals surface area (Å²) in [4.78, 5) is 20.7. The van der Waals surface area contributed by atoms with E-state index in [1.165, 1.54) is 4.31 Å². The molecule has 1 aromatic heterocycles. The molecule has 0 unspecified atom stereocenters. The van der Waals surface area contributed by atoms with E-state index in [2.05, 4.69) is 15.3 Å². The number of alkyl carbamates (subject to hydrolysis) is 1. The van der Waals surface area contributed by atoms with E-state index >= 15 is 0 Å². The van der Waals surface area contributed by atoms with Crippen molar-refractivity contribution in [1.82, 2.24) is 19.2 Å². The van der Waals surface area contributed by atoms with Crippen LogP contribution in [0, 0.1) is 0 Å². The highest BCUT2D eigenvalue weighted by Gasteiger charge is 2.26. The number of morpholine rings is 1. The number of carbonyl (C=O) groups is 1. The number of sulfonamides is 1. The van der Waals surface area contributed by atoms with Crippen molar-refractivity contribution in [2.45, 2.75) is 44.3 Å². The number of ether oxygens (including phenoxy) is 2. The number of amides is 1. The Bertz CT molecular complexity index is 1110. The highest BCUT2D eigenvalue weighted by Crippen LogP contribution is 2.20. The Morgan fingerprint density at radius 3 is 2.63 bits per heavy atom. The van der Waals surface area contributed by atoms with Crippen molar-refractivity contribution in [2.24, 2.45) is 10.7 Å². The molecule has 1 saturated heterocycles. The molecule has 1 aliphatic rings. The number of hydrogen-bond acceptors (Lipinski definition) is 8. The van der Waals surface area contributed by atoms with E-state index < -0.39 is 16.1 Å². The normalized spacial score (nSPS) is 15.2. The highest BCUT2D eigenvalue weighted by atomic mass is 35.5. The standard InChI is InChI=1S/C22H31ClN6O5S/c1-17(23)27-21-20(14-24)26-16-28(21)8-2-3-11-34-22(30)25-15-18-4-6-19(7-5-18)35(31,32)29-9-12-33-13-10-29/h4-7,16H,2-3,8-15,24H2,1H3,(H,25,30)/b27-17+. The smallest absolute Gasteiger partial charge is 0.407 e. The fourth-order valence-corrected chi connectivity index (χ4v) is 4.98. The predicted octanol–water partition coefficient (Wildman–Crippen LogP) is 2.36. The lowest BCUT2D eigenvalue weighted by Gasteiger charge is -2.26. The second-order valence-electron chi connectivity index (χ2n) is 7.88. The number of rotatable bonds is 11. The van der Waals surface area contributed by atoms with Gasteiger partial charge in [0, 0.05) is 32.7 Å². The van der Waals surface area contributed by atoms with Gasteiger partial charge in [-0.15, -0.1) is 0 Å². The topological polar surface area (TPSA) is 141 Å². The van der Waals surface area contributed by atoms with E-state index in [-0.39, 0.29) is 24.6 Å². The number of carbonyl (C=O) groups excluding carboxylic acids is 1. The van der Waals surface area contributed by atoms with Gasteiger partial charge in [0.1, 0.15) is 5.17 Å². The second kappa shape index (κ2) is 13.0. The van der Waals surface area contributed by atoms with Crippen molar-refractivity contribution in [3.8, 4) is 0 Å². The molecule has 2 aromatic rings. The lowest BCUT2D eigenvalue weighted by molar-refractivity contribution is 0.0730. The fraction of sp³-hybridized carbons (Fsp3) is 0.500. The third-order valence-corrected chi connectivity index (χ3v) is 7.33. The Morgan fingerprint density at radius 1 is 1.26 bits per heavy atom. The molecule has 1 amide bonds. The SMILES string of the molecule is C/C(Cl)=N\c1c(CN)ncn1CCCCOC(=O)NCc1ccc(S(=O)(=O)N2CCOCC2)cc1. The molecule has 3 N–H and O–H groups in total. The fourth-order valence-electron chi connectivity index (χ4n) is 3.49. The van der Waals surface area contributed by atoms with Crippen LogP contribution in [0.5, 0.6) is 0 Å². The summed E-state index contributed by atoms with van der Waals surface area (Å²) >= 11 is 5.89. The van der Waals surface area contributed by atoms with Gasteiger partial charge in [-0.05, 0) is 37.5 Å². The zero-order valence-electron chi connectivity index (χ0n) is 19.7. The molecule has 3 rings (SSSR count). The van der Waals surface area contributed by atoms with E-state index in [4.69, 9.17) is 26.8 Å². The third kappa shape index (κ3) is 7.74. The molecule has 2 heterocycles. The zero-order valence-corrected chi connectivity index (χ0v) is 21.2. The molecular weight excluding hydrogens is 496 g/mol. The summed E-state index contributed by atoms with van der Waals surface area (Å²) in [6.07, 6.45) is 2.54. The maximum atomic E-state index is 12.7. The molecular formula is C22H31ClN6O5S. The molecule has 0 bridgehead atoms. The van der Waals surface area contributed by atoms with Crippen LogP contribution in [0.1, 0.15) is 31.0 Å². The number of unbranched alkanes of at least 4 members (excludes halogenated alkanes) is 1. The number of nitrogens with zero attached hydrogens (tertiary/aromatic N) is 4. The van der Waals surface area contributed by atoms with Crippen LogP contribution in [0.4, 0.5) is 10.6 Å². The number of halogens is 1. The average Bonchev–Trinajstić information content (AvgIpc) is 3.24. The van der Waals surface area contributed by atoms with Crippen LogP contribution in [0.3, 0.4) is 0 Å². The third-order valence-electron chi connectivity index (χ3n) is 5.33. The minimum atomic E-state index is -3.54. The average molecular weight is 527 g/mol. The van der Waals surface area contributed by atoms with Crippen molar-refractivity contribution in [3.05, 3.63) is 41.9 Å². The lowest BCUT2D eigenvalue weighted by atomic mass is 10.2. The van der Waals surface area contributed by atoms with E-state index in [1.807, 2.05) is 4.57 Å². The Morgan fingerprint density at radius 2 is 1.97 bits per heavy atom. The van der Waals surface area contributed by atoms with Gasteiger partial charge in [0.15, 0.2) is 5.82 Å². The summed E-state index contributed by atoms with van der Waals surface area (Å²) in [5, 5.41) is 3.07. The van der Waals surface area contributed by atoms with Crippen LogP contribution in [-0.4, -0.2) is 66.4 Å². The summed E-state index contributed by atoms with van der Waals surface area (Å²) in [5.74, 6) is 0.641. The van der Waals surface area contributed by atoms with Crippen LogP contribution >= 0.6 is 11.6 Å². The van der Waals surface area contributed by atoms with E-state index in [0.29, 0.717) is 56.0 Å². The van der Waals surface area contributed by atoms with E-state index in [1.54, 1.807) is 37.5 Å². The maximum Gasteiger partial charge on any atom is 0.407 e. The molecule has 1 fully saturated rings. The summed E-state index contributed by atoms with van der Waals surface area (Å²) in [5.41, 5.74) is 7.13. The highest BCUT2D eigenvalue weighted by molar-refractivity contribution is 7.89. The van der Waals surface area contributed by atoms with Crippen molar-refractivity contribution in [3.63, 3.8) is 0 Å². The van der Waals surface area contributed by atoms with Crippen LogP contribution in [0.15, 0.2) is 40.5 Å². The summed E-state index contributed by atoms with van der Waals surface area (Å²) in [7, 11) is -3.54. The minimum Gasteiger partial charge on any atom is -0.450 e. The summed E-state index contributed by atoms with van der Waals surface area (Å²) in [6.45, 7) is 4.56. The van der Waals surface area contributed by atoms with Gasteiger partial charge in [-0.1, -0.05) is 23.7 Å². The van der Waals surface area contributed by atoms with Gasteiger partial charge >= 0.3 is 6.09 Å². The van der Waals surface area contributed by atoms with Gasteiger partial charge in [0.05, 0.1) is 36.7 Å². The predicted molar refractivity (Wildman–Crippen MR) is 132 cm³/mol. The number of benzene rings is 1. The molecule has 192 valence electrons. The van der Waals surface area contributed by atoms with Gasteiger partial charge < -0.3 is 25.1 Å². The molecule has 1 aromatic carbocycles. The lowest BCUT2D eigenvalue weighted by Crippen LogP contribution is -2.40. The maximum absolute atomic E-state index is 12.7. The van der Waals surface area contributed by atoms with Crippen LogP contribution in [0.2, 0.25) is 0 Å². The zero-order chi connectivity index (χ0) is 25.3. The molecule has 0 spiro atoms. The van der Waals surface area contributed by atoms with Crippen LogP contribution < -0.4 is 11.1 Å². The number of hydrogen-bond donors (Lipinski definition) is 2. The molecule has 11 nitrogen and oxygen atoms in total. The van der Waals surface area contributed by atoms with Crippen LogP contribution in [-0.2, 0) is 39.1 Å². The Hall–Kier alpha value is -2.51. The molecule has 0 saturated carbocycles. The number of nitrogens with one attached hydrogen (secondary N) is 1. The Kier molecular flexibility index (Phi) is 10.0. The first-order chi connectivity index (χ1) is 16.8. The van der Waals surface area contributed by atoms with Crippen molar-refractivity contribution < 1.29 is 22.7 Å². The number of aryl methyl sites for hydroxylation is 1. The van der Waals surface area contributed by atoms with Gasteiger partial charge in [0.2, 0.25) is 10.0 Å². The first-order valence-corrected chi connectivity index (χ1v) is 13.2. The monoisotopic (exact) mass is 526 g/mol. The van der Waals surface area contributed by atoms with Gasteiger partial charge in [0.25, 0.3) is 0 Å². The minimum absolute atomic E-state index is 0.220. The first kappa shape index (κ1) is 27.1. The second-order valence-corrected chi connectivity index (χ2v) is 10.4. The van der Waals surface area contributed by atoms with E-state index in [0.717, 1.165) is 12.0 Å². The first-order valence-electron chi connectivity index (χ1n) is 11.3. The van der Waals surface area contributed by atoms with Crippen molar-refractivity contribution >= 4 is 38.7 Å². The molecule has 0 radical (unpaired) electrons. The van der Waals surface area contributed by atoms with Crippen molar-refractivity contribution in [1.29, 1.82) is 0 Å². The molecule has 0 atom stereocenters. The molecule has 35 heavy (non-hydrogen) atoms. The molecule has 0 aliphatic carbocycles. The quantitative estimate of drug-likeness (QED) is 0.338. The Labute approximate surface area is 210 Å². The molecule has 13 heteroatoms. The largest absolute Gasteiger partial charge is 0.450 e.